The molecule has 3 heterocycles. The lowest BCUT2D eigenvalue weighted by atomic mass is 10.0. The first kappa shape index (κ1) is 23.7. The molecule has 2 aromatic carbocycles. The third-order valence-corrected chi connectivity index (χ3v) is 7.24. The van der Waals surface area contributed by atoms with Crippen molar-refractivity contribution in [2.24, 2.45) is 5.92 Å². The van der Waals surface area contributed by atoms with Crippen molar-refractivity contribution in [3.63, 3.8) is 0 Å². The summed E-state index contributed by atoms with van der Waals surface area (Å²) in [6.07, 6.45) is 9.24. The van der Waals surface area contributed by atoms with Gasteiger partial charge in [0.05, 0.1) is 11.4 Å². The number of nitrogens with two attached hydrogens (primary N) is 1. The van der Waals surface area contributed by atoms with Gasteiger partial charge in [0.2, 0.25) is 0 Å². The number of nitrogens with zero attached hydrogens (tertiary/aromatic N) is 5. The van der Waals surface area contributed by atoms with Gasteiger partial charge in [0.15, 0.2) is 0 Å². The average molecular weight is 505 g/mol. The highest BCUT2D eigenvalue weighted by Crippen LogP contribution is 2.37. The number of likely N-dealkylation sites (tertiary alicyclic amines) is 1. The number of nitrogen functional groups attached to an aromatic ring is 1. The minimum Gasteiger partial charge on any atom is -0.457 e. The fraction of sp³-hybridized carbons (Fsp3) is 0.267. The quantitative estimate of drug-likeness (QED) is 0.274. The van der Waals surface area contributed by atoms with Gasteiger partial charge in [-0.15, -0.1) is 0 Å². The zero-order valence-electron chi connectivity index (χ0n) is 21.0. The SMILES string of the molecule is N#CC(=CC1CC1)C(=O)N1CCC[C@H](n2cc(-c3ccc(Oc4ccccc4)cc3)c3c(N)ncnc32)C1. The minimum absolute atomic E-state index is 0.0137. The molecule has 0 radical (unpaired) electrons. The number of aromatic nitrogens is 3. The van der Waals surface area contributed by atoms with Gasteiger partial charge in [-0.3, -0.25) is 4.79 Å². The number of ether oxygens (including phenoxy) is 1. The summed E-state index contributed by atoms with van der Waals surface area (Å²) < 4.78 is 8.07. The number of carbonyl (C=O) groups excluding carboxylic acids is 1. The van der Waals surface area contributed by atoms with Crippen molar-refractivity contribution in [3.8, 4) is 28.7 Å². The van der Waals surface area contributed by atoms with Gasteiger partial charge < -0.3 is 19.9 Å². The molecule has 2 aliphatic rings. The third kappa shape index (κ3) is 4.71. The molecule has 2 N–H and O–H groups in total. The van der Waals surface area contributed by atoms with Crippen LogP contribution in [0.3, 0.4) is 0 Å². The van der Waals surface area contributed by atoms with Crippen molar-refractivity contribution in [2.75, 3.05) is 18.8 Å². The number of nitriles is 1. The van der Waals surface area contributed by atoms with Gasteiger partial charge in [-0.2, -0.15) is 5.26 Å². The van der Waals surface area contributed by atoms with E-state index in [2.05, 4.69) is 26.8 Å². The summed E-state index contributed by atoms with van der Waals surface area (Å²) in [4.78, 5) is 23.8. The molecule has 2 aromatic heterocycles. The number of para-hydroxylation sites is 1. The molecule has 1 saturated heterocycles. The second-order valence-electron chi connectivity index (χ2n) is 9.92. The van der Waals surface area contributed by atoms with Crippen LogP contribution >= 0.6 is 0 Å². The molecule has 1 aliphatic carbocycles. The fourth-order valence-electron chi connectivity index (χ4n) is 5.12. The number of rotatable bonds is 6. The maximum absolute atomic E-state index is 13.1. The Morgan fingerprint density at radius 3 is 2.55 bits per heavy atom. The molecule has 2 fully saturated rings. The Labute approximate surface area is 221 Å². The predicted octanol–water partition coefficient (Wildman–Crippen LogP) is 5.50. The number of carbonyl (C=O) groups is 1. The number of piperidine rings is 1. The number of amides is 1. The maximum Gasteiger partial charge on any atom is 0.264 e. The monoisotopic (exact) mass is 504 g/mol. The number of hydrogen-bond donors (Lipinski definition) is 1. The number of benzene rings is 2. The molecular weight excluding hydrogens is 476 g/mol. The number of allylic oxidation sites excluding steroid dienone is 1. The van der Waals surface area contributed by atoms with Crippen LogP contribution in [0.2, 0.25) is 0 Å². The molecule has 0 spiro atoms. The molecule has 38 heavy (non-hydrogen) atoms. The van der Waals surface area contributed by atoms with Crippen molar-refractivity contribution < 1.29 is 9.53 Å². The summed E-state index contributed by atoms with van der Waals surface area (Å²) in [5.74, 6) is 2.12. The molecule has 1 atom stereocenters. The molecule has 0 unspecified atom stereocenters. The highest BCUT2D eigenvalue weighted by molar-refractivity contribution is 6.01. The van der Waals surface area contributed by atoms with E-state index in [0.717, 1.165) is 59.3 Å². The lowest BCUT2D eigenvalue weighted by molar-refractivity contribution is -0.128. The van der Waals surface area contributed by atoms with Gasteiger partial charge in [-0.1, -0.05) is 36.4 Å². The van der Waals surface area contributed by atoms with Crippen LogP contribution in [0.4, 0.5) is 5.82 Å². The summed E-state index contributed by atoms with van der Waals surface area (Å²) >= 11 is 0. The van der Waals surface area contributed by atoms with Crippen LogP contribution in [0.25, 0.3) is 22.2 Å². The van der Waals surface area contributed by atoms with Crippen molar-refractivity contribution >= 4 is 22.8 Å². The molecule has 0 bridgehead atoms. The van der Waals surface area contributed by atoms with E-state index in [0.29, 0.717) is 24.8 Å². The Kier molecular flexibility index (Phi) is 6.26. The van der Waals surface area contributed by atoms with Crippen LogP contribution < -0.4 is 10.5 Å². The van der Waals surface area contributed by atoms with Gasteiger partial charge in [-0.05, 0) is 61.4 Å². The number of hydrogen-bond acceptors (Lipinski definition) is 6. The highest BCUT2D eigenvalue weighted by atomic mass is 16.5. The summed E-state index contributed by atoms with van der Waals surface area (Å²) in [6.45, 7) is 1.16. The standard InChI is InChI=1S/C30H28N6O2/c31-16-22(15-20-8-9-20)30(37)35-14-4-5-23(17-35)36-18-26(27-28(32)33-19-34-29(27)36)21-10-12-25(13-11-21)38-24-6-2-1-3-7-24/h1-3,6-7,10-13,15,18-20,23H,4-5,8-9,14,17H2,(H2,32,33,34)/t23-/m0/s1. The molecule has 1 saturated carbocycles. The van der Waals surface area contributed by atoms with E-state index >= 15 is 0 Å². The lowest BCUT2D eigenvalue weighted by Gasteiger charge is -2.33. The van der Waals surface area contributed by atoms with Crippen molar-refractivity contribution in [1.82, 2.24) is 19.4 Å². The van der Waals surface area contributed by atoms with E-state index in [4.69, 9.17) is 10.5 Å². The Morgan fingerprint density at radius 2 is 1.82 bits per heavy atom. The molecule has 1 aliphatic heterocycles. The van der Waals surface area contributed by atoms with Crippen LogP contribution in [0.5, 0.6) is 11.5 Å². The van der Waals surface area contributed by atoms with Crippen molar-refractivity contribution in [1.29, 1.82) is 5.26 Å². The Bertz CT molecular complexity index is 1550. The largest absolute Gasteiger partial charge is 0.457 e. The van der Waals surface area contributed by atoms with Gasteiger partial charge in [0, 0.05) is 24.8 Å². The van der Waals surface area contributed by atoms with Crippen LogP contribution in [0.15, 0.2) is 78.8 Å². The second-order valence-corrected chi connectivity index (χ2v) is 9.92. The first-order valence-electron chi connectivity index (χ1n) is 13.0. The number of fused-ring (bicyclic) bond motifs is 1. The number of anilines is 1. The third-order valence-electron chi connectivity index (χ3n) is 7.24. The lowest BCUT2D eigenvalue weighted by Crippen LogP contribution is -2.41. The van der Waals surface area contributed by atoms with Gasteiger partial charge >= 0.3 is 0 Å². The molecule has 8 heteroatoms. The van der Waals surface area contributed by atoms with Crippen LogP contribution in [-0.4, -0.2) is 38.4 Å². The van der Waals surface area contributed by atoms with E-state index < -0.39 is 0 Å². The van der Waals surface area contributed by atoms with Gasteiger partial charge in [0.1, 0.15) is 40.9 Å². The maximum atomic E-state index is 13.1. The van der Waals surface area contributed by atoms with Gasteiger partial charge in [-0.25, -0.2) is 9.97 Å². The molecule has 190 valence electrons. The molecular formula is C30H28N6O2. The summed E-state index contributed by atoms with van der Waals surface area (Å²) in [6, 6.07) is 19.7. The Hall–Kier alpha value is -4.64. The van der Waals surface area contributed by atoms with Crippen molar-refractivity contribution in [2.45, 2.75) is 31.7 Å². The van der Waals surface area contributed by atoms with E-state index in [-0.39, 0.29) is 17.5 Å². The molecule has 1 amide bonds. The zero-order chi connectivity index (χ0) is 26.1. The zero-order valence-corrected chi connectivity index (χ0v) is 21.0. The summed E-state index contributed by atoms with van der Waals surface area (Å²) in [7, 11) is 0. The first-order chi connectivity index (χ1) is 18.6. The van der Waals surface area contributed by atoms with E-state index in [1.165, 1.54) is 6.33 Å². The minimum atomic E-state index is -0.177. The smallest absolute Gasteiger partial charge is 0.264 e. The summed E-state index contributed by atoms with van der Waals surface area (Å²) in [5.41, 5.74) is 9.26. The Morgan fingerprint density at radius 1 is 1.05 bits per heavy atom. The van der Waals surface area contributed by atoms with Crippen LogP contribution in [-0.2, 0) is 4.79 Å². The highest BCUT2D eigenvalue weighted by Gasteiger charge is 2.30. The first-order valence-corrected chi connectivity index (χ1v) is 13.0. The van der Waals surface area contributed by atoms with Crippen LogP contribution in [0, 0.1) is 17.2 Å². The van der Waals surface area contributed by atoms with Crippen molar-refractivity contribution in [3.05, 3.63) is 78.8 Å². The average Bonchev–Trinajstić information content (AvgIpc) is 3.69. The van der Waals surface area contributed by atoms with E-state index in [1.54, 1.807) is 4.90 Å². The molecule has 6 rings (SSSR count). The van der Waals surface area contributed by atoms with E-state index in [1.807, 2.05) is 60.7 Å². The Balaban J connectivity index is 1.30. The predicted molar refractivity (Wildman–Crippen MR) is 145 cm³/mol. The summed E-state index contributed by atoms with van der Waals surface area (Å²) in [5, 5.41) is 10.4. The second kappa shape index (κ2) is 10.0. The molecule has 8 nitrogen and oxygen atoms in total. The normalized spacial score (nSPS) is 17.8. The van der Waals surface area contributed by atoms with E-state index in [9.17, 15) is 10.1 Å². The topological polar surface area (TPSA) is 110 Å². The molecule has 4 aromatic rings. The van der Waals surface area contributed by atoms with Crippen LogP contribution in [0.1, 0.15) is 31.7 Å². The fourth-order valence-corrected chi connectivity index (χ4v) is 5.12. The van der Waals surface area contributed by atoms with Gasteiger partial charge in [0.25, 0.3) is 5.91 Å².